The van der Waals surface area contributed by atoms with E-state index in [1.807, 2.05) is 36.4 Å². The van der Waals surface area contributed by atoms with E-state index in [1.54, 1.807) is 0 Å². The van der Waals surface area contributed by atoms with Gasteiger partial charge in [0.2, 0.25) is 0 Å². The number of nitrogens with two attached hydrogens (primary N) is 1. The van der Waals surface area contributed by atoms with E-state index in [9.17, 15) is 0 Å². The Morgan fingerprint density at radius 2 is 1.59 bits per heavy atom. The van der Waals surface area contributed by atoms with Gasteiger partial charge in [0.25, 0.3) is 0 Å². The summed E-state index contributed by atoms with van der Waals surface area (Å²) >= 11 is 10.4. The molecule has 0 heterocycles. The van der Waals surface area contributed by atoms with Crippen LogP contribution in [0.25, 0.3) is 0 Å². The van der Waals surface area contributed by atoms with Crippen LogP contribution in [0.5, 0.6) is 0 Å². The second-order valence-corrected chi connectivity index (χ2v) is 6.08. The van der Waals surface area contributed by atoms with Gasteiger partial charge in [0.1, 0.15) is 0 Å². The zero-order valence-corrected chi connectivity index (χ0v) is 13.4. The van der Waals surface area contributed by atoms with Gasteiger partial charge in [0.15, 0.2) is 0 Å². The van der Waals surface area contributed by atoms with Gasteiger partial charge >= 0.3 is 0 Å². The van der Waals surface area contributed by atoms with Crippen molar-refractivity contribution in [2.24, 2.45) is 0 Å². The quantitative estimate of drug-likeness (QED) is 0.647. The van der Waals surface area contributed by atoms with Gasteiger partial charge in [-0.1, -0.05) is 22.0 Å². The Labute approximate surface area is 125 Å². The molecule has 0 aliphatic carbocycles. The molecule has 0 spiro atoms. The second-order valence-electron chi connectivity index (χ2n) is 3.45. The molecule has 0 amide bonds. The van der Waals surface area contributed by atoms with Crippen LogP contribution in [-0.4, -0.2) is 0 Å². The summed E-state index contributed by atoms with van der Waals surface area (Å²) in [6, 6.07) is 11.6. The van der Waals surface area contributed by atoms with Crippen LogP contribution >= 0.6 is 47.8 Å². The summed E-state index contributed by atoms with van der Waals surface area (Å²) in [5, 5.41) is 3.30. The normalized spacial score (nSPS) is 10.3. The van der Waals surface area contributed by atoms with Crippen LogP contribution in [-0.2, 0) is 0 Å². The number of anilines is 3. The number of hydrogen-bond donors (Lipinski definition) is 2. The third-order valence-corrected chi connectivity index (χ3v) is 4.05. The molecule has 0 atom stereocenters. The first-order valence-electron chi connectivity index (χ1n) is 4.84. The molecule has 0 aromatic heterocycles. The molecule has 2 aromatic carbocycles. The Hall–Kier alpha value is -0.520. The molecule has 0 fully saturated rings. The van der Waals surface area contributed by atoms with Gasteiger partial charge in [-0.25, -0.2) is 0 Å². The third kappa shape index (κ3) is 3.03. The minimum Gasteiger partial charge on any atom is -0.397 e. The first-order chi connectivity index (χ1) is 8.08. The van der Waals surface area contributed by atoms with Crippen LogP contribution in [0, 0.1) is 0 Å². The topological polar surface area (TPSA) is 38.0 Å². The van der Waals surface area contributed by atoms with Crippen molar-refractivity contribution >= 4 is 64.9 Å². The van der Waals surface area contributed by atoms with Crippen LogP contribution in [0.3, 0.4) is 0 Å². The lowest BCUT2D eigenvalue weighted by molar-refractivity contribution is 1.49. The molecule has 2 nitrogen and oxygen atoms in total. The lowest BCUT2D eigenvalue weighted by Crippen LogP contribution is -1.97. The molecule has 0 saturated heterocycles. The van der Waals surface area contributed by atoms with Crippen molar-refractivity contribution in [3.8, 4) is 0 Å². The number of nitrogen functional groups attached to an aromatic ring is 1. The van der Waals surface area contributed by atoms with Crippen LogP contribution in [0.2, 0.25) is 0 Å². The van der Waals surface area contributed by atoms with Crippen molar-refractivity contribution in [2.75, 3.05) is 11.1 Å². The number of halogens is 3. The lowest BCUT2D eigenvalue weighted by Gasteiger charge is -2.13. The number of nitrogens with one attached hydrogen (secondary N) is 1. The Morgan fingerprint density at radius 1 is 0.941 bits per heavy atom. The first kappa shape index (κ1) is 12.9. The summed E-state index contributed by atoms with van der Waals surface area (Å²) in [6.45, 7) is 0. The number of para-hydroxylation sites is 1. The molecule has 0 saturated carbocycles. The zero-order valence-electron chi connectivity index (χ0n) is 8.68. The smallest absolute Gasteiger partial charge is 0.0673 e. The summed E-state index contributed by atoms with van der Waals surface area (Å²) in [6.07, 6.45) is 0. The van der Waals surface area contributed by atoms with Gasteiger partial charge in [0.05, 0.1) is 17.1 Å². The van der Waals surface area contributed by atoms with E-state index in [0.717, 1.165) is 24.8 Å². The summed E-state index contributed by atoms with van der Waals surface area (Å²) in [5.41, 5.74) is 8.45. The highest BCUT2D eigenvalue weighted by atomic mass is 79.9. The van der Waals surface area contributed by atoms with Crippen molar-refractivity contribution in [3.05, 3.63) is 49.8 Å². The van der Waals surface area contributed by atoms with Gasteiger partial charge in [0, 0.05) is 13.4 Å². The van der Waals surface area contributed by atoms with Crippen molar-refractivity contribution in [3.63, 3.8) is 0 Å². The molecular formula is C12H9Br3N2. The van der Waals surface area contributed by atoms with Crippen molar-refractivity contribution in [2.45, 2.75) is 0 Å². The zero-order chi connectivity index (χ0) is 12.4. The molecule has 0 aliphatic rings. The Morgan fingerprint density at radius 3 is 2.24 bits per heavy atom. The summed E-state index contributed by atoms with van der Waals surface area (Å²) in [5.74, 6) is 0. The molecule has 17 heavy (non-hydrogen) atoms. The highest BCUT2D eigenvalue weighted by molar-refractivity contribution is 9.11. The maximum absolute atomic E-state index is 5.92. The minimum absolute atomic E-state index is 0.704. The van der Waals surface area contributed by atoms with Crippen molar-refractivity contribution in [1.29, 1.82) is 0 Å². The molecule has 0 bridgehead atoms. The Kier molecular flexibility index (Phi) is 4.12. The van der Waals surface area contributed by atoms with Crippen LogP contribution < -0.4 is 11.1 Å². The first-order valence-corrected chi connectivity index (χ1v) is 7.22. The molecule has 3 N–H and O–H groups in total. The minimum atomic E-state index is 0.704. The summed E-state index contributed by atoms with van der Waals surface area (Å²) in [4.78, 5) is 0. The monoisotopic (exact) mass is 418 g/mol. The summed E-state index contributed by atoms with van der Waals surface area (Å²) < 4.78 is 2.94. The molecule has 5 heteroatoms. The van der Waals surface area contributed by atoms with Gasteiger partial charge in [-0.2, -0.15) is 0 Å². The molecular weight excluding hydrogens is 412 g/mol. The molecule has 2 rings (SSSR count). The van der Waals surface area contributed by atoms with Crippen molar-refractivity contribution in [1.82, 2.24) is 0 Å². The van der Waals surface area contributed by atoms with Gasteiger partial charge in [-0.15, -0.1) is 0 Å². The highest BCUT2D eigenvalue weighted by Crippen LogP contribution is 2.35. The highest BCUT2D eigenvalue weighted by Gasteiger charge is 2.07. The van der Waals surface area contributed by atoms with E-state index in [0.29, 0.717) is 5.69 Å². The van der Waals surface area contributed by atoms with E-state index >= 15 is 0 Å². The predicted molar refractivity (Wildman–Crippen MR) is 83.7 cm³/mol. The molecule has 0 unspecified atom stereocenters. The van der Waals surface area contributed by atoms with Crippen LogP contribution in [0.15, 0.2) is 49.8 Å². The van der Waals surface area contributed by atoms with Crippen LogP contribution in [0.4, 0.5) is 17.1 Å². The van der Waals surface area contributed by atoms with E-state index in [4.69, 9.17) is 5.73 Å². The standard InChI is InChI=1S/C12H9Br3N2/c13-7-4-5-10(16)11(6-7)17-12-8(14)2-1-3-9(12)15/h1-6,17H,16H2. The summed E-state index contributed by atoms with van der Waals surface area (Å²) in [7, 11) is 0. The fraction of sp³-hybridized carbons (Fsp3) is 0. The van der Waals surface area contributed by atoms with Crippen LogP contribution in [0.1, 0.15) is 0 Å². The van der Waals surface area contributed by atoms with E-state index in [2.05, 4.69) is 53.1 Å². The Bertz CT molecular complexity index is 535. The molecule has 88 valence electrons. The average Bonchev–Trinajstić information content (AvgIpc) is 2.28. The number of rotatable bonds is 2. The van der Waals surface area contributed by atoms with E-state index in [1.165, 1.54) is 0 Å². The van der Waals surface area contributed by atoms with Gasteiger partial charge < -0.3 is 11.1 Å². The number of hydrogen-bond acceptors (Lipinski definition) is 2. The predicted octanol–water partition coefficient (Wildman–Crippen LogP) is 5.30. The third-order valence-electron chi connectivity index (χ3n) is 2.24. The van der Waals surface area contributed by atoms with Crippen molar-refractivity contribution < 1.29 is 0 Å². The molecule has 0 aliphatic heterocycles. The molecule has 0 radical (unpaired) electrons. The lowest BCUT2D eigenvalue weighted by atomic mass is 10.2. The van der Waals surface area contributed by atoms with E-state index < -0.39 is 0 Å². The number of benzene rings is 2. The maximum atomic E-state index is 5.92. The second kappa shape index (κ2) is 5.42. The Balaban J connectivity index is 2.41. The fourth-order valence-corrected chi connectivity index (χ4v) is 2.95. The van der Waals surface area contributed by atoms with Gasteiger partial charge in [-0.05, 0) is 62.2 Å². The fourth-order valence-electron chi connectivity index (χ4n) is 1.39. The SMILES string of the molecule is Nc1ccc(Br)cc1Nc1c(Br)cccc1Br. The maximum Gasteiger partial charge on any atom is 0.0673 e. The van der Waals surface area contributed by atoms with Gasteiger partial charge in [-0.3, -0.25) is 0 Å². The average molecular weight is 421 g/mol. The molecule has 2 aromatic rings. The van der Waals surface area contributed by atoms with E-state index in [-0.39, 0.29) is 0 Å². The largest absolute Gasteiger partial charge is 0.397 e.